The number of hydrogen-bond donors (Lipinski definition) is 2. The second-order valence-electron chi connectivity index (χ2n) is 8.16. The normalized spacial score (nSPS) is 16.4. The Hall–Kier alpha value is -3.20. The zero-order valence-electron chi connectivity index (χ0n) is 18.0. The number of rotatable bonds is 4. The molecule has 0 aliphatic carbocycles. The molecule has 174 valence electrons. The molecule has 1 aromatic heterocycles. The van der Waals surface area contributed by atoms with Crippen molar-refractivity contribution in [3.63, 3.8) is 0 Å². The van der Waals surface area contributed by atoms with Gasteiger partial charge in [-0.2, -0.15) is 4.37 Å². The third-order valence-corrected chi connectivity index (χ3v) is 7.40. The van der Waals surface area contributed by atoms with E-state index in [1.165, 1.54) is 12.1 Å². The van der Waals surface area contributed by atoms with E-state index in [1.54, 1.807) is 17.0 Å². The summed E-state index contributed by atoms with van der Waals surface area (Å²) in [5.41, 5.74) is 0.839. The monoisotopic (exact) mass is 497 g/mol. The standard InChI is InChI=1S/C25H21ClFN3O3S/c1-2-21(33)29-7-8-30(15(12-29)13-31)25-19-11-20(26)22(23(27)24(19)28-34-25)18-10-16(32)9-14-5-3-4-6-17(14)18/h2-6,9-11,15,31-32H,1,7-8,12-13H2. The number of anilines is 1. The van der Waals surface area contributed by atoms with Crippen molar-refractivity contribution in [3.8, 4) is 16.9 Å². The molecule has 2 N–H and O–H groups in total. The van der Waals surface area contributed by atoms with E-state index in [4.69, 9.17) is 11.6 Å². The maximum absolute atomic E-state index is 15.9. The molecule has 0 bridgehead atoms. The van der Waals surface area contributed by atoms with Gasteiger partial charge in [0.05, 0.1) is 17.7 Å². The number of aliphatic hydroxyl groups excluding tert-OH is 1. The minimum Gasteiger partial charge on any atom is -0.508 e. The van der Waals surface area contributed by atoms with E-state index in [0.717, 1.165) is 22.3 Å². The number of fused-ring (bicyclic) bond motifs is 2. The minimum atomic E-state index is -0.568. The molecule has 0 saturated carbocycles. The van der Waals surface area contributed by atoms with Crippen molar-refractivity contribution in [1.29, 1.82) is 0 Å². The summed E-state index contributed by atoms with van der Waals surface area (Å²) in [5, 5.41) is 23.2. The van der Waals surface area contributed by atoms with Gasteiger partial charge in [-0.15, -0.1) is 0 Å². The lowest BCUT2D eigenvalue weighted by Gasteiger charge is -2.41. The molecule has 4 aromatic rings. The van der Waals surface area contributed by atoms with E-state index in [9.17, 15) is 15.0 Å². The number of benzene rings is 3. The lowest BCUT2D eigenvalue weighted by molar-refractivity contribution is -0.126. The third kappa shape index (κ3) is 3.68. The molecule has 1 unspecified atom stereocenters. The first kappa shape index (κ1) is 22.6. The number of piperazine rings is 1. The highest BCUT2D eigenvalue weighted by Crippen LogP contribution is 2.44. The second-order valence-corrected chi connectivity index (χ2v) is 9.32. The van der Waals surface area contributed by atoms with Crippen LogP contribution in [0, 0.1) is 5.82 Å². The predicted octanol–water partition coefficient (Wildman–Crippen LogP) is 4.81. The van der Waals surface area contributed by atoms with Crippen molar-refractivity contribution in [2.45, 2.75) is 6.04 Å². The van der Waals surface area contributed by atoms with Crippen LogP contribution in [0.1, 0.15) is 0 Å². The number of phenols is 1. The zero-order valence-corrected chi connectivity index (χ0v) is 19.6. The lowest BCUT2D eigenvalue weighted by Crippen LogP contribution is -2.56. The van der Waals surface area contributed by atoms with Gasteiger partial charge in [0.25, 0.3) is 0 Å². The first-order chi connectivity index (χ1) is 16.4. The maximum Gasteiger partial charge on any atom is 0.246 e. The van der Waals surface area contributed by atoms with Gasteiger partial charge >= 0.3 is 0 Å². The van der Waals surface area contributed by atoms with E-state index < -0.39 is 5.82 Å². The lowest BCUT2D eigenvalue weighted by atomic mass is 9.96. The fourth-order valence-corrected chi connectivity index (χ4v) is 5.81. The average molecular weight is 498 g/mol. The smallest absolute Gasteiger partial charge is 0.246 e. The van der Waals surface area contributed by atoms with Gasteiger partial charge in [-0.3, -0.25) is 4.79 Å². The van der Waals surface area contributed by atoms with Gasteiger partial charge in [0, 0.05) is 30.6 Å². The highest BCUT2D eigenvalue weighted by Gasteiger charge is 2.31. The van der Waals surface area contributed by atoms with Gasteiger partial charge in [0.2, 0.25) is 5.91 Å². The Balaban J connectivity index is 1.61. The number of aliphatic hydroxyl groups is 1. The summed E-state index contributed by atoms with van der Waals surface area (Å²) in [4.78, 5) is 15.6. The molecule has 34 heavy (non-hydrogen) atoms. The molecule has 1 aliphatic rings. The third-order valence-electron chi connectivity index (χ3n) is 6.20. The Bertz CT molecular complexity index is 1440. The summed E-state index contributed by atoms with van der Waals surface area (Å²) in [5.74, 6) is -0.743. The van der Waals surface area contributed by atoms with E-state index >= 15 is 4.39 Å². The van der Waals surface area contributed by atoms with Gasteiger partial charge < -0.3 is 20.0 Å². The van der Waals surface area contributed by atoms with Crippen molar-refractivity contribution >= 4 is 55.7 Å². The Kier molecular flexibility index (Phi) is 5.89. The molecular weight excluding hydrogens is 477 g/mol. The van der Waals surface area contributed by atoms with Crippen molar-refractivity contribution < 1.29 is 19.4 Å². The number of nitrogens with zero attached hydrogens (tertiary/aromatic N) is 3. The topological polar surface area (TPSA) is 76.9 Å². The van der Waals surface area contributed by atoms with Crippen molar-refractivity contribution in [2.24, 2.45) is 0 Å². The first-order valence-electron chi connectivity index (χ1n) is 10.7. The largest absolute Gasteiger partial charge is 0.508 e. The number of amides is 1. The fraction of sp³-hybridized carbons (Fsp3) is 0.200. The zero-order chi connectivity index (χ0) is 24.0. The van der Waals surface area contributed by atoms with Crippen molar-refractivity contribution in [1.82, 2.24) is 9.27 Å². The molecule has 5 rings (SSSR count). The van der Waals surface area contributed by atoms with E-state index in [0.29, 0.717) is 35.6 Å². The van der Waals surface area contributed by atoms with Gasteiger partial charge in [0.1, 0.15) is 16.3 Å². The van der Waals surface area contributed by atoms with Gasteiger partial charge in [-0.25, -0.2) is 4.39 Å². The number of carbonyl (C=O) groups excluding carboxylic acids is 1. The minimum absolute atomic E-state index is 0.0148. The molecular formula is C25H21ClFN3O3S. The van der Waals surface area contributed by atoms with Crippen LogP contribution in [0.15, 0.2) is 55.1 Å². The van der Waals surface area contributed by atoms with E-state index in [2.05, 4.69) is 11.0 Å². The van der Waals surface area contributed by atoms with Crippen molar-refractivity contribution in [2.75, 3.05) is 31.1 Å². The molecule has 1 saturated heterocycles. The number of aromatic hydroxyl groups is 1. The number of hydrogen-bond acceptors (Lipinski definition) is 6. The molecule has 1 fully saturated rings. The first-order valence-corrected chi connectivity index (χ1v) is 11.9. The fourth-order valence-electron chi connectivity index (χ4n) is 4.56. The average Bonchev–Trinajstić information content (AvgIpc) is 3.26. The Morgan fingerprint density at radius 1 is 1.26 bits per heavy atom. The Morgan fingerprint density at radius 2 is 2.06 bits per heavy atom. The summed E-state index contributed by atoms with van der Waals surface area (Å²) in [6.07, 6.45) is 1.26. The Labute approximate surface area is 204 Å². The van der Waals surface area contributed by atoms with Crippen LogP contribution in [-0.4, -0.2) is 57.7 Å². The summed E-state index contributed by atoms with van der Waals surface area (Å²) in [6.45, 7) is 4.58. The number of halogens is 2. The second kappa shape index (κ2) is 8.87. The summed E-state index contributed by atoms with van der Waals surface area (Å²) in [6, 6.07) is 11.8. The number of phenolic OH excluding ortho intramolecular Hbond substituents is 1. The highest BCUT2D eigenvalue weighted by atomic mass is 35.5. The van der Waals surface area contributed by atoms with Gasteiger partial charge in [0.15, 0.2) is 5.82 Å². The van der Waals surface area contributed by atoms with Crippen LogP contribution in [0.5, 0.6) is 5.75 Å². The van der Waals surface area contributed by atoms with Crippen LogP contribution < -0.4 is 4.90 Å². The van der Waals surface area contributed by atoms with Crippen molar-refractivity contribution in [3.05, 3.63) is 66.0 Å². The van der Waals surface area contributed by atoms with E-state index in [-0.39, 0.29) is 40.4 Å². The molecule has 1 aliphatic heterocycles. The SMILES string of the molecule is C=CC(=O)N1CCN(c2snc3c(F)c(-c4cc(O)cc5ccccc45)c(Cl)cc23)C(CO)C1. The quantitative estimate of drug-likeness (QED) is 0.396. The maximum atomic E-state index is 15.9. The highest BCUT2D eigenvalue weighted by molar-refractivity contribution is 7.11. The summed E-state index contributed by atoms with van der Waals surface area (Å²) in [7, 11) is 0. The Morgan fingerprint density at radius 3 is 2.82 bits per heavy atom. The molecule has 1 amide bonds. The van der Waals surface area contributed by atoms with Gasteiger partial charge in [-0.1, -0.05) is 42.4 Å². The molecule has 2 heterocycles. The molecule has 9 heteroatoms. The molecule has 3 aromatic carbocycles. The van der Waals surface area contributed by atoms with Gasteiger partial charge in [-0.05, 0) is 52.1 Å². The van der Waals surface area contributed by atoms with Crippen LogP contribution in [0.2, 0.25) is 5.02 Å². The van der Waals surface area contributed by atoms with Crippen LogP contribution in [0.4, 0.5) is 9.39 Å². The molecule has 0 radical (unpaired) electrons. The number of carbonyl (C=O) groups is 1. The molecule has 1 atom stereocenters. The van der Waals surface area contributed by atoms with Crippen LogP contribution in [-0.2, 0) is 4.79 Å². The van der Waals surface area contributed by atoms with Crippen LogP contribution in [0.3, 0.4) is 0 Å². The molecule has 0 spiro atoms. The number of aromatic nitrogens is 1. The summed E-state index contributed by atoms with van der Waals surface area (Å²) >= 11 is 7.77. The van der Waals surface area contributed by atoms with Crippen LogP contribution in [0.25, 0.3) is 32.8 Å². The van der Waals surface area contributed by atoms with E-state index in [1.807, 2.05) is 29.2 Å². The van der Waals surface area contributed by atoms with Crippen LogP contribution >= 0.6 is 23.1 Å². The predicted molar refractivity (Wildman–Crippen MR) is 134 cm³/mol. The summed E-state index contributed by atoms with van der Waals surface area (Å²) < 4.78 is 20.3. The molecule has 6 nitrogen and oxygen atoms in total.